The van der Waals surface area contributed by atoms with Crippen LogP contribution in [0.15, 0.2) is 62.6 Å². The largest absolute Gasteiger partial charge is 0.458 e. The van der Waals surface area contributed by atoms with Crippen molar-refractivity contribution in [2.24, 2.45) is 0 Å². The van der Waals surface area contributed by atoms with Gasteiger partial charge in [0.15, 0.2) is 0 Å². The lowest BCUT2D eigenvalue weighted by molar-refractivity contribution is -0.138. The van der Waals surface area contributed by atoms with Gasteiger partial charge in [0, 0.05) is 36.2 Å². The van der Waals surface area contributed by atoms with E-state index in [2.05, 4.69) is 13.8 Å². The minimum Gasteiger partial charge on any atom is -0.458 e. The van der Waals surface area contributed by atoms with Crippen LogP contribution < -0.4 is 5.63 Å². The second-order valence-corrected chi connectivity index (χ2v) is 10.5. The lowest BCUT2D eigenvalue weighted by atomic mass is 9.95. The molecular weight excluding hydrogens is 466 g/mol. The molecule has 0 bridgehead atoms. The Morgan fingerprint density at radius 3 is 2.34 bits per heavy atom. The predicted octanol–water partition coefficient (Wildman–Crippen LogP) is 5.01. The smallest absolute Gasteiger partial charge is 0.336 e. The molecular formula is C27H31NO6S. The number of esters is 1. The van der Waals surface area contributed by atoms with Crippen molar-refractivity contribution in [3.05, 3.63) is 81.2 Å². The van der Waals surface area contributed by atoms with Crippen LogP contribution in [0.2, 0.25) is 0 Å². The Balaban J connectivity index is 1.73. The third-order valence-corrected chi connectivity index (χ3v) is 7.91. The van der Waals surface area contributed by atoms with E-state index in [1.54, 1.807) is 32.1 Å². The fourth-order valence-corrected chi connectivity index (χ4v) is 5.42. The molecule has 3 aromatic rings. The zero-order valence-corrected chi connectivity index (χ0v) is 21.5. The number of rotatable bonds is 9. The number of ether oxygens (including phenoxy) is 1. The molecule has 0 amide bonds. The van der Waals surface area contributed by atoms with Crippen LogP contribution in [0.3, 0.4) is 0 Å². The van der Waals surface area contributed by atoms with E-state index in [1.165, 1.54) is 28.6 Å². The van der Waals surface area contributed by atoms with Crippen molar-refractivity contribution in [2.45, 2.75) is 52.0 Å². The molecule has 3 rings (SSSR count). The number of hydrogen-bond donors (Lipinski definition) is 0. The molecule has 0 fully saturated rings. The molecule has 8 heteroatoms. The number of fused-ring (bicyclic) bond motifs is 1. The Morgan fingerprint density at radius 2 is 1.74 bits per heavy atom. The Kier molecular flexibility index (Phi) is 8.30. The van der Waals surface area contributed by atoms with Gasteiger partial charge in [-0.3, -0.25) is 0 Å². The molecule has 0 aliphatic rings. The summed E-state index contributed by atoms with van der Waals surface area (Å²) in [6.45, 7) is 10.4. The first-order valence-corrected chi connectivity index (χ1v) is 13.0. The SMILES string of the molecule is CCN(CC)S(=O)(=O)c1ccc(/C=C/C(=O)OCc2cc(=O)oc3cc(C)c(C(C)C)cc23)cc1. The number of aryl methyl sites for hydroxylation is 1. The standard InChI is InChI=1S/C27H31NO6S/c1-6-28(7-2)35(31,32)22-11-8-20(9-12-22)10-13-26(29)33-17-21-15-27(30)34-25-14-19(5)23(18(3)4)16-24(21)25/h8-16,18H,6-7,17H2,1-5H3/b13-10+. The second-order valence-electron chi connectivity index (χ2n) is 8.55. The Morgan fingerprint density at radius 1 is 1.09 bits per heavy atom. The Bertz CT molecular complexity index is 1400. The normalized spacial score (nSPS) is 12.2. The van der Waals surface area contributed by atoms with E-state index in [0.717, 1.165) is 16.5 Å². The molecule has 0 atom stereocenters. The van der Waals surface area contributed by atoms with Crippen molar-refractivity contribution >= 4 is 33.0 Å². The van der Waals surface area contributed by atoms with E-state index < -0.39 is 21.6 Å². The van der Waals surface area contributed by atoms with Gasteiger partial charge in [0.25, 0.3) is 0 Å². The van der Waals surface area contributed by atoms with Crippen LogP contribution in [-0.4, -0.2) is 31.8 Å². The first-order valence-electron chi connectivity index (χ1n) is 11.6. The molecule has 0 N–H and O–H groups in total. The molecule has 0 saturated heterocycles. The summed E-state index contributed by atoms with van der Waals surface area (Å²) in [5.41, 5.74) is 3.35. The van der Waals surface area contributed by atoms with Gasteiger partial charge in [-0.05, 0) is 59.9 Å². The minimum absolute atomic E-state index is 0.0765. The van der Waals surface area contributed by atoms with Crippen LogP contribution in [0, 0.1) is 6.92 Å². The van der Waals surface area contributed by atoms with Crippen LogP contribution >= 0.6 is 0 Å². The number of benzene rings is 2. The third-order valence-electron chi connectivity index (χ3n) is 5.84. The zero-order chi connectivity index (χ0) is 25.8. The highest BCUT2D eigenvalue weighted by atomic mass is 32.2. The van der Waals surface area contributed by atoms with Crippen LogP contribution in [0.1, 0.15) is 55.9 Å². The molecule has 0 spiro atoms. The summed E-state index contributed by atoms with van der Waals surface area (Å²) in [6, 6.07) is 11.4. The highest BCUT2D eigenvalue weighted by molar-refractivity contribution is 7.89. The van der Waals surface area contributed by atoms with E-state index in [4.69, 9.17) is 9.15 Å². The second kappa shape index (κ2) is 11.0. The van der Waals surface area contributed by atoms with E-state index in [0.29, 0.717) is 29.8 Å². The molecule has 1 aromatic heterocycles. The molecule has 35 heavy (non-hydrogen) atoms. The monoisotopic (exact) mass is 497 g/mol. The van der Waals surface area contributed by atoms with Crippen molar-refractivity contribution in [3.8, 4) is 0 Å². The molecule has 0 aliphatic heterocycles. The van der Waals surface area contributed by atoms with Gasteiger partial charge >= 0.3 is 11.6 Å². The van der Waals surface area contributed by atoms with Crippen LogP contribution in [0.5, 0.6) is 0 Å². The van der Waals surface area contributed by atoms with E-state index >= 15 is 0 Å². The van der Waals surface area contributed by atoms with Crippen LogP contribution in [0.25, 0.3) is 17.0 Å². The average Bonchev–Trinajstić information content (AvgIpc) is 2.81. The van der Waals surface area contributed by atoms with Crippen molar-refractivity contribution < 1.29 is 22.4 Å². The fraction of sp³-hybridized carbons (Fsp3) is 0.333. The lowest BCUT2D eigenvalue weighted by Gasteiger charge is -2.18. The van der Waals surface area contributed by atoms with E-state index in [-0.39, 0.29) is 17.4 Å². The van der Waals surface area contributed by atoms with Gasteiger partial charge in [0.1, 0.15) is 12.2 Å². The summed E-state index contributed by atoms with van der Waals surface area (Å²) in [6.07, 6.45) is 2.82. The molecule has 7 nitrogen and oxygen atoms in total. The van der Waals surface area contributed by atoms with Gasteiger partial charge in [-0.1, -0.05) is 39.8 Å². The van der Waals surface area contributed by atoms with Gasteiger partial charge in [-0.15, -0.1) is 0 Å². The minimum atomic E-state index is -3.54. The number of carbonyl (C=O) groups excluding carboxylic acids is 1. The summed E-state index contributed by atoms with van der Waals surface area (Å²) >= 11 is 0. The zero-order valence-electron chi connectivity index (χ0n) is 20.7. The highest BCUT2D eigenvalue weighted by Crippen LogP contribution is 2.27. The first kappa shape index (κ1) is 26.4. The fourth-order valence-electron chi connectivity index (χ4n) is 3.96. The number of hydrogen-bond acceptors (Lipinski definition) is 6. The third kappa shape index (κ3) is 6.07. The van der Waals surface area contributed by atoms with E-state index in [9.17, 15) is 18.0 Å². The van der Waals surface area contributed by atoms with Gasteiger partial charge in [-0.2, -0.15) is 4.31 Å². The molecule has 0 unspecified atom stereocenters. The van der Waals surface area contributed by atoms with Crippen molar-refractivity contribution in [2.75, 3.05) is 13.1 Å². The van der Waals surface area contributed by atoms with E-state index in [1.807, 2.05) is 19.1 Å². The highest BCUT2D eigenvalue weighted by Gasteiger charge is 2.21. The molecule has 0 saturated carbocycles. The lowest BCUT2D eigenvalue weighted by Crippen LogP contribution is -2.30. The quantitative estimate of drug-likeness (QED) is 0.234. The number of carbonyl (C=O) groups is 1. The molecule has 0 aliphatic carbocycles. The topological polar surface area (TPSA) is 93.9 Å². The number of nitrogens with zero attached hydrogens (tertiary/aromatic N) is 1. The van der Waals surface area contributed by atoms with Crippen molar-refractivity contribution in [3.63, 3.8) is 0 Å². The predicted molar refractivity (Wildman–Crippen MR) is 137 cm³/mol. The van der Waals surface area contributed by atoms with Crippen molar-refractivity contribution in [1.29, 1.82) is 0 Å². The maximum atomic E-state index is 12.6. The first-order chi connectivity index (χ1) is 16.6. The summed E-state index contributed by atoms with van der Waals surface area (Å²) in [5, 5.41) is 0.737. The Hall–Kier alpha value is -3.23. The molecule has 0 radical (unpaired) electrons. The maximum Gasteiger partial charge on any atom is 0.336 e. The van der Waals surface area contributed by atoms with Gasteiger partial charge in [-0.25, -0.2) is 18.0 Å². The molecule has 2 aromatic carbocycles. The maximum absolute atomic E-state index is 12.6. The average molecular weight is 498 g/mol. The number of sulfonamides is 1. The van der Waals surface area contributed by atoms with Gasteiger partial charge in [0.05, 0.1) is 4.90 Å². The van der Waals surface area contributed by atoms with Crippen LogP contribution in [-0.2, 0) is 26.2 Å². The summed E-state index contributed by atoms with van der Waals surface area (Å²) < 4.78 is 37.3. The van der Waals surface area contributed by atoms with Gasteiger partial charge in [0.2, 0.25) is 10.0 Å². The summed E-state index contributed by atoms with van der Waals surface area (Å²) in [5.74, 6) is -0.291. The summed E-state index contributed by atoms with van der Waals surface area (Å²) in [4.78, 5) is 24.5. The van der Waals surface area contributed by atoms with Crippen molar-refractivity contribution in [1.82, 2.24) is 4.31 Å². The van der Waals surface area contributed by atoms with Gasteiger partial charge < -0.3 is 9.15 Å². The Labute approximate surface area is 206 Å². The molecule has 186 valence electrons. The molecule has 1 heterocycles. The van der Waals surface area contributed by atoms with Crippen LogP contribution in [0.4, 0.5) is 0 Å². The summed E-state index contributed by atoms with van der Waals surface area (Å²) in [7, 11) is -3.54.